The van der Waals surface area contributed by atoms with E-state index in [9.17, 15) is 19.7 Å². The average molecular weight is 361 g/mol. The van der Waals surface area contributed by atoms with Crippen LogP contribution in [0.4, 0.5) is 5.69 Å². The standard InChI is InChI=1S/C16H13ClN4O4/c17-13-3-1-2-12(8-13)16(23)18-10-15(22)20-19-9-11-4-6-14(7-5-11)21(24)25/h1-9H,10H2,(H,18,23)(H,20,22)/b19-9+. The summed E-state index contributed by atoms with van der Waals surface area (Å²) in [6.07, 6.45) is 1.33. The minimum Gasteiger partial charge on any atom is -0.343 e. The van der Waals surface area contributed by atoms with Crippen molar-refractivity contribution in [2.45, 2.75) is 0 Å². The summed E-state index contributed by atoms with van der Waals surface area (Å²) in [5, 5.41) is 17.1. The van der Waals surface area contributed by atoms with Crippen molar-refractivity contribution in [3.05, 3.63) is 74.8 Å². The zero-order chi connectivity index (χ0) is 18.2. The third kappa shape index (κ3) is 5.70. The molecule has 9 heteroatoms. The predicted molar refractivity (Wildman–Crippen MR) is 92.6 cm³/mol. The van der Waals surface area contributed by atoms with E-state index >= 15 is 0 Å². The molecule has 0 radical (unpaired) electrons. The summed E-state index contributed by atoms with van der Waals surface area (Å²) in [4.78, 5) is 33.5. The lowest BCUT2D eigenvalue weighted by molar-refractivity contribution is -0.384. The number of hydrazone groups is 1. The van der Waals surface area contributed by atoms with E-state index in [1.165, 1.54) is 36.5 Å². The lowest BCUT2D eigenvalue weighted by atomic mass is 10.2. The van der Waals surface area contributed by atoms with Crippen LogP contribution in [0, 0.1) is 10.1 Å². The summed E-state index contributed by atoms with van der Waals surface area (Å²) in [5.74, 6) is -0.953. The molecule has 2 aromatic carbocycles. The smallest absolute Gasteiger partial charge is 0.269 e. The maximum atomic E-state index is 11.8. The van der Waals surface area contributed by atoms with Gasteiger partial charge < -0.3 is 5.32 Å². The molecule has 2 N–H and O–H groups in total. The minimum absolute atomic E-state index is 0.0371. The molecule has 2 aromatic rings. The summed E-state index contributed by atoms with van der Waals surface area (Å²) >= 11 is 5.79. The van der Waals surface area contributed by atoms with Gasteiger partial charge in [0.15, 0.2) is 0 Å². The van der Waals surface area contributed by atoms with Crippen molar-refractivity contribution >= 4 is 35.3 Å². The van der Waals surface area contributed by atoms with Gasteiger partial charge in [0, 0.05) is 22.7 Å². The van der Waals surface area contributed by atoms with E-state index in [0.717, 1.165) is 0 Å². The predicted octanol–water partition coefficient (Wildman–Crippen LogP) is 2.13. The van der Waals surface area contributed by atoms with Crippen LogP contribution in [0.15, 0.2) is 53.6 Å². The van der Waals surface area contributed by atoms with E-state index < -0.39 is 16.7 Å². The first-order valence-corrected chi connectivity index (χ1v) is 7.43. The molecule has 0 aliphatic heterocycles. The number of nitrogens with zero attached hydrogens (tertiary/aromatic N) is 2. The molecule has 0 atom stereocenters. The van der Waals surface area contributed by atoms with Gasteiger partial charge in [-0.05, 0) is 35.9 Å². The van der Waals surface area contributed by atoms with E-state index in [1.807, 2.05) is 0 Å². The molecule has 0 aromatic heterocycles. The summed E-state index contributed by atoms with van der Waals surface area (Å²) in [7, 11) is 0. The number of non-ortho nitro benzene ring substituents is 1. The highest BCUT2D eigenvalue weighted by molar-refractivity contribution is 6.30. The highest BCUT2D eigenvalue weighted by atomic mass is 35.5. The topological polar surface area (TPSA) is 114 Å². The van der Waals surface area contributed by atoms with Crippen molar-refractivity contribution in [3.8, 4) is 0 Å². The Bertz CT molecular complexity index is 821. The van der Waals surface area contributed by atoms with E-state index in [-0.39, 0.29) is 12.2 Å². The Kier molecular flexibility index (Phi) is 6.19. The van der Waals surface area contributed by atoms with Gasteiger partial charge in [-0.15, -0.1) is 0 Å². The Labute approximate surface area is 147 Å². The van der Waals surface area contributed by atoms with Crippen molar-refractivity contribution in [2.75, 3.05) is 6.54 Å². The molecule has 25 heavy (non-hydrogen) atoms. The summed E-state index contributed by atoms with van der Waals surface area (Å²) in [6, 6.07) is 12.0. The molecule has 0 aliphatic carbocycles. The molecule has 0 heterocycles. The van der Waals surface area contributed by atoms with Crippen LogP contribution in [0.2, 0.25) is 5.02 Å². The fraction of sp³-hybridized carbons (Fsp3) is 0.0625. The Balaban J connectivity index is 1.80. The highest BCUT2D eigenvalue weighted by Gasteiger charge is 2.08. The van der Waals surface area contributed by atoms with Gasteiger partial charge in [0.1, 0.15) is 0 Å². The molecule has 0 unspecified atom stereocenters. The Morgan fingerprint density at radius 1 is 1.20 bits per heavy atom. The molecule has 2 rings (SSSR count). The molecule has 0 bridgehead atoms. The third-order valence-electron chi connectivity index (χ3n) is 3.00. The van der Waals surface area contributed by atoms with Crippen LogP contribution >= 0.6 is 11.6 Å². The van der Waals surface area contributed by atoms with Crippen LogP contribution in [-0.2, 0) is 4.79 Å². The number of nitro benzene ring substituents is 1. The largest absolute Gasteiger partial charge is 0.343 e. The molecule has 0 saturated heterocycles. The van der Waals surface area contributed by atoms with Crippen LogP contribution < -0.4 is 10.7 Å². The van der Waals surface area contributed by atoms with Crippen LogP contribution in [0.1, 0.15) is 15.9 Å². The summed E-state index contributed by atoms with van der Waals surface area (Å²) in [6.45, 7) is -0.261. The van der Waals surface area contributed by atoms with E-state index in [2.05, 4.69) is 15.8 Å². The van der Waals surface area contributed by atoms with Crippen LogP contribution in [0.3, 0.4) is 0 Å². The Hall–Kier alpha value is -3.26. The van der Waals surface area contributed by atoms with Crippen LogP contribution in [-0.4, -0.2) is 29.5 Å². The quantitative estimate of drug-likeness (QED) is 0.466. The lowest BCUT2D eigenvalue weighted by Gasteiger charge is -2.04. The molecule has 0 fully saturated rings. The molecule has 0 saturated carbocycles. The van der Waals surface area contributed by atoms with Crippen LogP contribution in [0.25, 0.3) is 0 Å². The van der Waals surface area contributed by atoms with Crippen molar-refractivity contribution < 1.29 is 14.5 Å². The second-order valence-electron chi connectivity index (χ2n) is 4.83. The molecular weight excluding hydrogens is 348 g/mol. The summed E-state index contributed by atoms with van der Waals surface area (Å²) < 4.78 is 0. The highest BCUT2D eigenvalue weighted by Crippen LogP contribution is 2.11. The zero-order valence-corrected chi connectivity index (χ0v) is 13.6. The van der Waals surface area contributed by atoms with E-state index in [1.54, 1.807) is 18.2 Å². The SMILES string of the molecule is O=C(CNC(=O)c1cccc(Cl)c1)N/N=C/c1ccc([N+](=O)[O-])cc1. The second kappa shape index (κ2) is 8.55. The minimum atomic E-state index is -0.520. The Morgan fingerprint density at radius 3 is 2.56 bits per heavy atom. The molecule has 0 aliphatic rings. The fourth-order valence-electron chi connectivity index (χ4n) is 1.79. The van der Waals surface area contributed by atoms with Crippen molar-refractivity contribution in [3.63, 3.8) is 0 Å². The number of hydrogen-bond acceptors (Lipinski definition) is 5. The zero-order valence-electron chi connectivity index (χ0n) is 12.8. The monoisotopic (exact) mass is 360 g/mol. The number of nitro groups is 1. The molecule has 2 amide bonds. The number of carbonyl (C=O) groups excluding carboxylic acids is 2. The van der Waals surface area contributed by atoms with Gasteiger partial charge in [-0.25, -0.2) is 5.43 Å². The normalized spacial score (nSPS) is 10.4. The van der Waals surface area contributed by atoms with Crippen molar-refractivity contribution in [1.29, 1.82) is 0 Å². The molecule has 128 valence electrons. The third-order valence-corrected chi connectivity index (χ3v) is 3.24. The number of benzene rings is 2. The number of hydrogen-bond donors (Lipinski definition) is 2. The van der Waals surface area contributed by atoms with Gasteiger partial charge in [0.2, 0.25) is 0 Å². The second-order valence-corrected chi connectivity index (χ2v) is 5.27. The van der Waals surface area contributed by atoms with Crippen molar-refractivity contribution in [2.24, 2.45) is 5.10 Å². The first-order valence-electron chi connectivity index (χ1n) is 7.06. The van der Waals surface area contributed by atoms with Gasteiger partial charge in [0.25, 0.3) is 17.5 Å². The maximum absolute atomic E-state index is 11.8. The lowest BCUT2D eigenvalue weighted by Crippen LogP contribution is -2.34. The van der Waals surface area contributed by atoms with Gasteiger partial charge >= 0.3 is 0 Å². The molecule has 8 nitrogen and oxygen atoms in total. The first-order chi connectivity index (χ1) is 12.0. The van der Waals surface area contributed by atoms with Gasteiger partial charge in [-0.1, -0.05) is 17.7 Å². The van der Waals surface area contributed by atoms with Gasteiger partial charge in [-0.2, -0.15) is 5.10 Å². The first kappa shape index (κ1) is 18.1. The number of carbonyl (C=O) groups is 2. The number of halogens is 1. The maximum Gasteiger partial charge on any atom is 0.269 e. The van der Waals surface area contributed by atoms with Gasteiger partial charge in [0.05, 0.1) is 17.7 Å². The number of rotatable bonds is 6. The molecule has 0 spiro atoms. The average Bonchev–Trinajstić information content (AvgIpc) is 2.60. The van der Waals surface area contributed by atoms with Crippen molar-refractivity contribution in [1.82, 2.24) is 10.7 Å². The Morgan fingerprint density at radius 2 is 1.92 bits per heavy atom. The molecular formula is C16H13ClN4O4. The fourth-order valence-corrected chi connectivity index (χ4v) is 1.98. The van der Waals surface area contributed by atoms with E-state index in [0.29, 0.717) is 16.1 Å². The number of amides is 2. The van der Waals surface area contributed by atoms with Crippen LogP contribution in [0.5, 0.6) is 0 Å². The van der Waals surface area contributed by atoms with E-state index in [4.69, 9.17) is 11.6 Å². The van der Waals surface area contributed by atoms with Gasteiger partial charge in [-0.3, -0.25) is 19.7 Å². The summed E-state index contributed by atoms with van der Waals surface area (Å²) in [5.41, 5.74) is 3.13. The number of nitrogens with one attached hydrogen (secondary N) is 2.